The zero-order valence-electron chi connectivity index (χ0n) is 13.4. The Balaban J connectivity index is 2.02. The van der Waals surface area contributed by atoms with Crippen molar-refractivity contribution in [3.63, 3.8) is 0 Å². The molecule has 5 heteroatoms. The van der Waals surface area contributed by atoms with Crippen molar-refractivity contribution in [2.45, 2.75) is 6.54 Å². The highest BCUT2D eigenvalue weighted by atomic mass is 16.1. The van der Waals surface area contributed by atoms with E-state index in [4.69, 9.17) is 4.98 Å². The van der Waals surface area contributed by atoms with Gasteiger partial charge in [-0.3, -0.25) is 9.48 Å². The fourth-order valence-corrected chi connectivity index (χ4v) is 2.42. The molecule has 120 valence electrons. The minimum Gasteiger partial charge on any atom is -0.348 e. The number of rotatable bonds is 5. The molecule has 0 aliphatic carbocycles. The van der Waals surface area contributed by atoms with Gasteiger partial charge in [-0.15, -0.1) is 0 Å². The molecule has 0 spiro atoms. The molecule has 0 unspecified atom stereocenters. The zero-order valence-corrected chi connectivity index (χ0v) is 13.4. The van der Waals surface area contributed by atoms with E-state index in [1.165, 1.54) is 6.08 Å². The standard InChI is InChI=1S/C19H18N4O/c1-3-18(24)20-13-15-9-10-16(14-7-5-4-6-8-14)21-19(15)17-11-12-23(2)22-17/h3-12H,1,13H2,2H3,(H,20,24). The number of amides is 1. The lowest BCUT2D eigenvalue weighted by Crippen LogP contribution is -2.20. The van der Waals surface area contributed by atoms with Crippen molar-refractivity contribution in [3.8, 4) is 22.6 Å². The minimum atomic E-state index is -0.214. The summed E-state index contributed by atoms with van der Waals surface area (Å²) in [6.45, 7) is 3.84. The van der Waals surface area contributed by atoms with Gasteiger partial charge in [0, 0.05) is 25.4 Å². The molecular weight excluding hydrogens is 300 g/mol. The first-order valence-corrected chi connectivity index (χ1v) is 7.63. The molecule has 0 radical (unpaired) electrons. The lowest BCUT2D eigenvalue weighted by molar-refractivity contribution is -0.116. The lowest BCUT2D eigenvalue weighted by atomic mass is 10.1. The Kier molecular flexibility index (Phi) is 4.52. The number of pyridine rings is 1. The number of aromatic nitrogens is 3. The number of nitrogens with zero attached hydrogens (tertiary/aromatic N) is 3. The Bertz CT molecular complexity index is 868. The van der Waals surface area contributed by atoms with E-state index < -0.39 is 0 Å². The van der Waals surface area contributed by atoms with Crippen molar-refractivity contribution in [2.24, 2.45) is 7.05 Å². The van der Waals surface area contributed by atoms with Crippen LogP contribution in [0.25, 0.3) is 22.6 Å². The van der Waals surface area contributed by atoms with Gasteiger partial charge in [0.05, 0.1) is 11.4 Å². The molecule has 1 aromatic carbocycles. The van der Waals surface area contributed by atoms with E-state index >= 15 is 0 Å². The Morgan fingerprint density at radius 1 is 1.17 bits per heavy atom. The average Bonchev–Trinajstić information content (AvgIpc) is 3.06. The molecule has 0 saturated carbocycles. The molecule has 0 aliphatic rings. The van der Waals surface area contributed by atoms with Crippen molar-refractivity contribution >= 4 is 5.91 Å². The first-order valence-electron chi connectivity index (χ1n) is 7.63. The third-order valence-electron chi connectivity index (χ3n) is 3.64. The van der Waals surface area contributed by atoms with Crippen LogP contribution in [0.5, 0.6) is 0 Å². The summed E-state index contributed by atoms with van der Waals surface area (Å²) in [6.07, 6.45) is 3.13. The molecule has 0 bridgehead atoms. The Labute approximate surface area is 140 Å². The van der Waals surface area contributed by atoms with Crippen molar-refractivity contribution < 1.29 is 4.79 Å². The highest BCUT2D eigenvalue weighted by molar-refractivity contribution is 5.86. The number of aryl methyl sites for hydroxylation is 1. The quantitative estimate of drug-likeness (QED) is 0.736. The first kappa shape index (κ1) is 15.7. The maximum atomic E-state index is 11.5. The predicted octanol–water partition coefficient (Wildman–Crippen LogP) is 2.95. The largest absolute Gasteiger partial charge is 0.348 e. The zero-order chi connectivity index (χ0) is 16.9. The van der Waals surface area contributed by atoms with E-state index in [1.54, 1.807) is 4.68 Å². The maximum absolute atomic E-state index is 11.5. The van der Waals surface area contributed by atoms with Crippen molar-refractivity contribution in [1.82, 2.24) is 20.1 Å². The number of benzene rings is 1. The van der Waals surface area contributed by atoms with Gasteiger partial charge in [-0.2, -0.15) is 5.10 Å². The summed E-state index contributed by atoms with van der Waals surface area (Å²) in [7, 11) is 1.86. The molecule has 2 heterocycles. The topological polar surface area (TPSA) is 59.8 Å². The van der Waals surface area contributed by atoms with Gasteiger partial charge in [0.2, 0.25) is 5.91 Å². The van der Waals surface area contributed by atoms with Crippen LogP contribution in [0, 0.1) is 0 Å². The average molecular weight is 318 g/mol. The van der Waals surface area contributed by atoms with Gasteiger partial charge in [0.25, 0.3) is 0 Å². The van der Waals surface area contributed by atoms with Crippen LogP contribution < -0.4 is 5.32 Å². The number of carbonyl (C=O) groups excluding carboxylic acids is 1. The van der Waals surface area contributed by atoms with Gasteiger partial charge in [-0.1, -0.05) is 43.0 Å². The molecular formula is C19H18N4O. The SMILES string of the molecule is C=CC(=O)NCc1ccc(-c2ccccc2)nc1-c1ccn(C)n1. The normalized spacial score (nSPS) is 10.4. The number of carbonyl (C=O) groups is 1. The van der Waals surface area contributed by atoms with Crippen LogP contribution in [0.4, 0.5) is 0 Å². The van der Waals surface area contributed by atoms with Gasteiger partial charge in [0.15, 0.2) is 0 Å². The van der Waals surface area contributed by atoms with Gasteiger partial charge < -0.3 is 5.32 Å². The molecule has 24 heavy (non-hydrogen) atoms. The van der Waals surface area contributed by atoms with Crippen molar-refractivity contribution in [1.29, 1.82) is 0 Å². The van der Waals surface area contributed by atoms with Crippen LogP contribution >= 0.6 is 0 Å². The van der Waals surface area contributed by atoms with Crippen LogP contribution in [0.3, 0.4) is 0 Å². The highest BCUT2D eigenvalue weighted by Crippen LogP contribution is 2.25. The van der Waals surface area contributed by atoms with Gasteiger partial charge in [0.1, 0.15) is 5.69 Å². The number of nitrogens with one attached hydrogen (secondary N) is 1. The lowest BCUT2D eigenvalue weighted by Gasteiger charge is -2.10. The van der Waals surface area contributed by atoms with Crippen LogP contribution in [-0.2, 0) is 18.4 Å². The monoisotopic (exact) mass is 318 g/mol. The van der Waals surface area contributed by atoms with E-state index in [9.17, 15) is 4.79 Å². The predicted molar refractivity (Wildman–Crippen MR) is 93.9 cm³/mol. The fraction of sp³-hybridized carbons (Fsp3) is 0.105. The van der Waals surface area contributed by atoms with Gasteiger partial charge in [-0.25, -0.2) is 4.98 Å². The van der Waals surface area contributed by atoms with Crippen molar-refractivity contribution in [3.05, 3.63) is 72.9 Å². The van der Waals surface area contributed by atoms with Gasteiger partial charge >= 0.3 is 0 Å². The third-order valence-corrected chi connectivity index (χ3v) is 3.64. The van der Waals surface area contributed by atoms with Gasteiger partial charge in [-0.05, 0) is 23.8 Å². The fourth-order valence-electron chi connectivity index (χ4n) is 2.42. The summed E-state index contributed by atoms with van der Waals surface area (Å²) < 4.78 is 1.73. The minimum absolute atomic E-state index is 0.214. The number of hydrogen-bond donors (Lipinski definition) is 1. The van der Waals surface area contributed by atoms with E-state index in [0.717, 1.165) is 28.2 Å². The smallest absolute Gasteiger partial charge is 0.243 e. The van der Waals surface area contributed by atoms with E-state index in [0.29, 0.717) is 6.54 Å². The summed E-state index contributed by atoms with van der Waals surface area (Å²) in [5, 5.41) is 7.24. The van der Waals surface area contributed by atoms with E-state index in [1.807, 2.05) is 61.8 Å². The van der Waals surface area contributed by atoms with Crippen LogP contribution in [0.15, 0.2) is 67.4 Å². The molecule has 0 fully saturated rings. The molecule has 1 amide bonds. The second kappa shape index (κ2) is 6.91. The molecule has 0 atom stereocenters. The summed E-state index contributed by atoms with van der Waals surface area (Å²) in [4.78, 5) is 16.2. The molecule has 3 aromatic rings. The third kappa shape index (κ3) is 3.41. The number of hydrogen-bond acceptors (Lipinski definition) is 3. The molecule has 0 aliphatic heterocycles. The molecule has 2 aromatic heterocycles. The van der Waals surface area contributed by atoms with Crippen LogP contribution in [0.2, 0.25) is 0 Å². The van der Waals surface area contributed by atoms with Crippen molar-refractivity contribution in [2.75, 3.05) is 0 Å². The van der Waals surface area contributed by atoms with Crippen LogP contribution in [-0.4, -0.2) is 20.7 Å². The maximum Gasteiger partial charge on any atom is 0.243 e. The first-order chi connectivity index (χ1) is 11.7. The molecule has 0 saturated heterocycles. The van der Waals surface area contributed by atoms with E-state index in [2.05, 4.69) is 17.0 Å². The molecule has 5 nitrogen and oxygen atoms in total. The molecule has 1 N–H and O–H groups in total. The summed E-state index contributed by atoms with van der Waals surface area (Å²) in [5.41, 5.74) is 4.36. The Morgan fingerprint density at radius 2 is 1.96 bits per heavy atom. The second-order valence-electron chi connectivity index (χ2n) is 5.37. The van der Waals surface area contributed by atoms with Crippen LogP contribution in [0.1, 0.15) is 5.56 Å². The summed E-state index contributed by atoms with van der Waals surface area (Å²) in [6, 6.07) is 15.8. The van der Waals surface area contributed by atoms with E-state index in [-0.39, 0.29) is 5.91 Å². The second-order valence-corrected chi connectivity index (χ2v) is 5.37. The summed E-state index contributed by atoms with van der Waals surface area (Å²) >= 11 is 0. The molecule has 3 rings (SSSR count). The summed E-state index contributed by atoms with van der Waals surface area (Å²) in [5.74, 6) is -0.214. The Hall–Kier alpha value is -3.21. The highest BCUT2D eigenvalue weighted by Gasteiger charge is 2.12. The Morgan fingerprint density at radius 3 is 2.62 bits per heavy atom.